The second-order valence-corrected chi connectivity index (χ2v) is 12.5. The van der Waals surface area contributed by atoms with E-state index in [0.717, 1.165) is 51.1 Å². The molecule has 1 aliphatic heterocycles. The largest absolute Gasteiger partial charge is 0.490 e. The van der Waals surface area contributed by atoms with E-state index in [2.05, 4.69) is 47.3 Å². The number of hydrogen-bond donors (Lipinski definition) is 2. The average molecular weight is 643 g/mol. The third-order valence-electron chi connectivity index (χ3n) is 6.95. The number of carbonyl (C=O) groups is 1. The molecule has 0 spiro atoms. The Morgan fingerprint density at radius 3 is 2.68 bits per heavy atom. The number of nitrogens with one attached hydrogen (secondary N) is 2. The first-order valence-corrected chi connectivity index (χ1v) is 16.0. The average Bonchev–Trinajstić information content (AvgIpc) is 3.32. The molecule has 1 atom stereocenters. The van der Waals surface area contributed by atoms with Crippen LogP contribution in [0, 0.1) is 19.8 Å². The summed E-state index contributed by atoms with van der Waals surface area (Å²) in [7, 11) is 0. The van der Waals surface area contributed by atoms with E-state index in [4.69, 9.17) is 19.6 Å². The number of amides is 1. The van der Waals surface area contributed by atoms with Crippen molar-refractivity contribution >= 4 is 45.2 Å². The number of anilines is 2. The summed E-state index contributed by atoms with van der Waals surface area (Å²) in [5, 5.41) is 12.0. The maximum absolute atomic E-state index is 14.0. The summed E-state index contributed by atoms with van der Waals surface area (Å²) in [4.78, 5) is 18.8. The molecule has 2 aromatic carbocycles. The third-order valence-corrected chi connectivity index (χ3v) is 8.59. The Bertz CT molecular complexity index is 1440. The monoisotopic (exact) mass is 641 g/mol. The van der Waals surface area contributed by atoms with Crippen molar-refractivity contribution in [2.45, 2.75) is 72.5 Å². The van der Waals surface area contributed by atoms with Crippen molar-refractivity contribution in [2.24, 2.45) is 5.92 Å². The van der Waals surface area contributed by atoms with Crippen LogP contribution in [-0.2, 0) is 4.79 Å². The molecule has 0 aliphatic carbocycles. The van der Waals surface area contributed by atoms with Gasteiger partial charge in [0.1, 0.15) is 6.04 Å². The number of halogens is 1. The fraction of sp³-hybridized carbons (Fsp3) is 0.452. The quantitative estimate of drug-likeness (QED) is 0.194. The van der Waals surface area contributed by atoms with E-state index in [-0.39, 0.29) is 5.91 Å². The highest BCUT2D eigenvalue weighted by atomic mass is 79.9. The van der Waals surface area contributed by atoms with Gasteiger partial charge in [-0.15, -0.1) is 5.10 Å². The summed E-state index contributed by atoms with van der Waals surface area (Å²) in [6, 6.07) is 9.32. The fourth-order valence-corrected chi connectivity index (χ4v) is 5.87. The van der Waals surface area contributed by atoms with Crippen LogP contribution in [0.4, 0.5) is 11.6 Å². The van der Waals surface area contributed by atoms with Gasteiger partial charge in [0.2, 0.25) is 11.1 Å². The highest BCUT2D eigenvalue weighted by molar-refractivity contribution is 9.10. The van der Waals surface area contributed by atoms with Crippen molar-refractivity contribution in [3.8, 4) is 11.5 Å². The standard InChI is InChI=1S/C31H40BrN5O3S/c1-8-15-41-31-35-30-33-21(7)26(29(38)34-24-12-10-11-19(5)20(24)6)27(37(30)36-31)22-16-23(32)28(25(17-22)39-9-2)40-14-13-18(3)4/h10-12,16-18,27H,8-9,13-15H2,1-7H3,(H,34,38)(H,33,35,36). The first-order chi connectivity index (χ1) is 19.6. The van der Waals surface area contributed by atoms with Gasteiger partial charge in [0, 0.05) is 17.1 Å². The molecule has 0 saturated carbocycles. The van der Waals surface area contributed by atoms with E-state index in [1.165, 1.54) is 0 Å². The lowest BCUT2D eigenvalue weighted by Crippen LogP contribution is -2.31. The zero-order valence-electron chi connectivity index (χ0n) is 24.9. The summed E-state index contributed by atoms with van der Waals surface area (Å²) in [6.07, 6.45) is 1.94. The van der Waals surface area contributed by atoms with E-state index >= 15 is 0 Å². The minimum atomic E-state index is -0.542. The molecule has 1 amide bonds. The molecule has 41 heavy (non-hydrogen) atoms. The van der Waals surface area contributed by atoms with Crippen molar-refractivity contribution in [1.29, 1.82) is 0 Å². The van der Waals surface area contributed by atoms with Gasteiger partial charge >= 0.3 is 0 Å². The predicted molar refractivity (Wildman–Crippen MR) is 170 cm³/mol. The summed E-state index contributed by atoms with van der Waals surface area (Å²) in [6.45, 7) is 15.4. The molecule has 1 aliphatic rings. The van der Waals surface area contributed by atoms with E-state index < -0.39 is 6.04 Å². The molecule has 0 bridgehead atoms. The highest BCUT2D eigenvalue weighted by Gasteiger charge is 2.35. The van der Waals surface area contributed by atoms with Crippen LogP contribution in [0.2, 0.25) is 0 Å². The highest BCUT2D eigenvalue weighted by Crippen LogP contribution is 2.43. The summed E-state index contributed by atoms with van der Waals surface area (Å²) in [5.74, 6) is 3.10. The van der Waals surface area contributed by atoms with Gasteiger partial charge in [-0.3, -0.25) is 4.79 Å². The molecular weight excluding hydrogens is 602 g/mol. The van der Waals surface area contributed by atoms with Gasteiger partial charge in [-0.1, -0.05) is 44.7 Å². The van der Waals surface area contributed by atoms with Gasteiger partial charge in [-0.05, 0) is 97.3 Å². The molecule has 0 radical (unpaired) electrons. The molecule has 2 heterocycles. The van der Waals surface area contributed by atoms with Crippen LogP contribution in [0.5, 0.6) is 11.5 Å². The minimum Gasteiger partial charge on any atom is -0.490 e. The van der Waals surface area contributed by atoms with E-state index in [9.17, 15) is 4.79 Å². The van der Waals surface area contributed by atoms with Gasteiger partial charge < -0.3 is 20.1 Å². The lowest BCUT2D eigenvalue weighted by molar-refractivity contribution is -0.113. The molecule has 2 N–H and O–H groups in total. The minimum absolute atomic E-state index is 0.205. The third kappa shape index (κ3) is 7.09. The Labute approximate surface area is 255 Å². The van der Waals surface area contributed by atoms with Gasteiger partial charge in [0.15, 0.2) is 11.5 Å². The summed E-state index contributed by atoms with van der Waals surface area (Å²) >= 11 is 5.34. The summed E-state index contributed by atoms with van der Waals surface area (Å²) in [5.41, 5.74) is 5.03. The van der Waals surface area contributed by atoms with Crippen LogP contribution >= 0.6 is 27.7 Å². The number of thioether (sulfide) groups is 1. The van der Waals surface area contributed by atoms with Crippen molar-refractivity contribution in [1.82, 2.24) is 14.8 Å². The second kappa shape index (κ2) is 13.8. The zero-order chi connectivity index (χ0) is 29.7. The van der Waals surface area contributed by atoms with Crippen LogP contribution in [0.25, 0.3) is 0 Å². The van der Waals surface area contributed by atoms with E-state index in [1.807, 2.05) is 58.0 Å². The van der Waals surface area contributed by atoms with Crippen molar-refractivity contribution in [3.05, 3.63) is 62.8 Å². The molecule has 1 aromatic heterocycles. The number of hydrogen-bond acceptors (Lipinski definition) is 7. The number of carbonyl (C=O) groups excluding carboxylic acids is 1. The number of aryl methyl sites for hydroxylation is 1. The Morgan fingerprint density at radius 1 is 1.20 bits per heavy atom. The topological polar surface area (TPSA) is 90.3 Å². The molecule has 4 rings (SSSR count). The fourth-order valence-electron chi connectivity index (χ4n) is 4.61. The van der Waals surface area contributed by atoms with Gasteiger partial charge in [0.05, 0.1) is 23.3 Å². The van der Waals surface area contributed by atoms with Crippen LogP contribution < -0.4 is 20.1 Å². The Kier molecular flexibility index (Phi) is 10.4. The molecule has 0 fully saturated rings. The van der Waals surface area contributed by atoms with E-state index in [1.54, 1.807) is 16.4 Å². The maximum atomic E-state index is 14.0. The number of benzene rings is 2. The Morgan fingerprint density at radius 2 is 1.98 bits per heavy atom. The molecule has 8 nitrogen and oxygen atoms in total. The molecule has 220 valence electrons. The maximum Gasteiger partial charge on any atom is 0.255 e. The molecular formula is C31H40BrN5O3S. The van der Waals surface area contributed by atoms with Crippen LogP contribution in [0.3, 0.4) is 0 Å². The van der Waals surface area contributed by atoms with Gasteiger partial charge in [-0.25, -0.2) is 4.68 Å². The molecule has 10 heteroatoms. The second-order valence-electron chi connectivity index (χ2n) is 10.6. The molecule has 3 aromatic rings. The van der Waals surface area contributed by atoms with Crippen molar-refractivity contribution < 1.29 is 14.3 Å². The summed E-state index contributed by atoms with van der Waals surface area (Å²) < 4.78 is 14.8. The van der Waals surface area contributed by atoms with Gasteiger partial charge in [-0.2, -0.15) is 4.98 Å². The lowest BCUT2D eigenvalue weighted by atomic mass is 9.94. The number of nitrogens with zero attached hydrogens (tertiary/aromatic N) is 3. The first kappa shape index (κ1) is 31.0. The van der Waals surface area contributed by atoms with Crippen LogP contribution in [-0.4, -0.2) is 39.6 Å². The number of ether oxygens (including phenoxy) is 2. The SMILES string of the molecule is CCCSc1nc2n(n1)C(c1cc(Br)c(OCCC(C)C)c(OCC)c1)C(C(=O)Nc1cccc(C)c1C)=C(C)N2. The molecule has 1 unspecified atom stereocenters. The van der Waals surface area contributed by atoms with Crippen molar-refractivity contribution in [3.63, 3.8) is 0 Å². The Balaban J connectivity index is 1.81. The predicted octanol–water partition coefficient (Wildman–Crippen LogP) is 7.91. The smallest absolute Gasteiger partial charge is 0.255 e. The zero-order valence-corrected chi connectivity index (χ0v) is 27.3. The van der Waals surface area contributed by atoms with E-state index in [0.29, 0.717) is 47.3 Å². The number of aromatic nitrogens is 3. The molecule has 0 saturated heterocycles. The normalized spacial score (nSPS) is 14.6. The van der Waals surface area contributed by atoms with Crippen LogP contribution in [0.15, 0.2) is 51.2 Å². The van der Waals surface area contributed by atoms with Gasteiger partial charge in [0.25, 0.3) is 5.91 Å². The first-order valence-electron chi connectivity index (χ1n) is 14.2. The van der Waals surface area contributed by atoms with Crippen molar-refractivity contribution in [2.75, 3.05) is 29.6 Å². The lowest BCUT2D eigenvalue weighted by Gasteiger charge is -2.29. The number of fused-ring (bicyclic) bond motifs is 1. The number of rotatable bonds is 12. The Hall–Kier alpha value is -2.98. The number of allylic oxidation sites excluding steroid dienone is 1. The van der Waals surface area contributed by atoms with Crippen LogP contribution in [0.1, 0.15) is 70.2 Å².